The van der Waals surface area contributed by atoms with Crippen molar-refractivity contribution < 1.29 is 9.50 Å². The van der Waals surface area contributed by atoms with Crippen LogP contribution >= 0.6 is 0 Å². The molecule has 0 saturated carbocycles. The van der Waals surface area contributed by atoms with Crippen LogP contribution in [0.3, 0.4) is 0 Å². The van der Waals surface area contributed by atoms with Gasteiger partial charge in [-0.15, -0.1) is 0 Å². The summed E-state index contributed by atoms with van der Waals surface area (Å²) < 4.78 is 14.3. The number of anilines is 1. The molecule has 0 aromatic heterocycles. The first-order chi connectivity index (χ1) is 9.06. The molecule has 2 bridgehead atoms. The van der Waals surface area contributed by atoms with Crippen LogP contribution in [-0.4, -0.2) is 23.3 Å². The van der Waals surface area contributed by atoms with E-state index in [1.807, 2.05) is 19.1 Å². The highest BCUT2D eigenvalue weighted by molar-refractivity contribution is 5.53. The van der Waals surface area contributed by atoms with E-state index in [0.717, 1.165) is 31.2 Å². The molecule has 2 aliphatic heterocycles. The average molecular weight is 264 g/mol. The molecule has 0 radical (unpaired) electrons. The quantitative estimate of drug-likeness (QED) is 0.862. The molecule has 0 aliphatic carbocycles. The second kappa shape index (κ2) is 4.76. The molecule has 0 amide bonds. The number of benzene rings is 1. The summed E-state index contributed by atoms with van der Waals surface area (Å²) in [5.41, 5.74) is 7.28. The zero-order chi connectivity index (χ0) is 13.6. The molecule has 3 atom stereocenters. The van der Waals surface area contributed by atoms with Crippen molar-refractivity contribution in [3.8, 4) is 0 Å². The molecule has 1 aromatic carbocycles. The number of nitrogens with two attached hydrogens (primary N) is 1. The molecule has 2 saturated heterocycles. The predicted octanol–water partition coefficient (Wildman–Crippen LogP) is 2.34. The highest BCUT2D eigenvalue weighted by Gasteiger charge is 2.41. The number of nitrogens with zero attached hydrogens (tertiary/aromatic N) is 1. The van der Waals surface area contributed by atoms with Crippen LogP contribution < -0.4 is 10.6 Å². The summed E-state index contributed by atoms with van der Waals surface area (Å²) in [7, 11) is 0. The Morgan fingerprint density at radius 3 is 2.47 bits per heavy atom. The maximum atomic E-state index is 14.3. The smallest absolute Gasteiger partial charge is 0.146 e. The van der Waals surface area contributed by atoms with Crippen molar-refractivity contribution in [1.29, 1.82) is 0 Å². The van der Waals surface area contributed by atoms with E-state index in [1.54, 1.807) is 6.07 Å². The van der Waals surface area contributed by atoms with E-state index in [1.165, 1.54) is 0 Å². The SMILES string of the molecule is C[C@H](N)c1ccc(N2C3CCC2CC(O)C3)c(F)c1. The van der Waals surface area contributed by atoms with Crippen molar-refractivity contribution in [2.75, 3.05) is 4.90 Å². The zero-order valence-electron chi connectivity index (χ0n) is 11.2. The van der Waals surface area contributed by atoms with Gasteiger partial charge in [0, 0.05) is 18.1 Å². The lowest BCUT2D eigenvalue weighted by Crippen LogP contribution is -2.45. The molecule has 104 valence electrons. The molecule has 2 fully saturated rings. The highest BCUT2D eigenvalue weighted by Crippen LogP contribution is 2.40. The first-order valence-corrected chi connectivity index (χ1v) is 7.07. The van der Waals surface area contributed by atoms with Crippen LogP contribution in [0.15, 0.2) is 18.2 Å². The molecule has 3 rings (SSSR count). The van der Waals surface area contributed by atoms with E-state index in [-0.39, 0.29) is 30.0 Å². The molecule has 4 heteroatoms. The van der Waals surface area contributed by atoms with Crippen LogP contribution in [0.4, 0.5) is 10.1 Å². The summed E-state index contributed by atoms with van der Waals surface area (Å²) in [5, 5.41) is 9.80. The van der Waals surface area contributed by atoms with Crippen LogP contribution in [0.2, 0.25) is 0 Å². The Hall–Kier alpha value is -1.13. The van der Waals surface area contributed by atoms with Crippen LogP contribution in [0.25, 0.3) is 0 Å². The molecule has 3 nitrogen and oxygen atoms in total. The van der Waals surface area contributed by atoms with E-state index in [2.05, 4.69) is 4.90 Å². The molecule has 2 aliphatic rings. The number of piperidine rings is 1. The topological polar surface area (TPSA) is 49.5 Å². The minimum absolute atomic E-state index is 0.150. The lowest BCUT2D eigenvalue weighted by atomic mass is 9.98. The van der Waals surface area contributed by atoms with E-state index in [4.69, 9.17) is 5.73 Å². The first-order valence-electron chi connectivity index (χ1n) is 7.07. The second-order valence-electron chi connectivity index (χ2n) is 5.92. The fraction of sp³-hybridized carbons (Fsp3) is 0.600. The van der Waals surface area contributed by atoms with Gasteiger partial charge in [-0.2, -0.15) is 0 Å². The van der Waals surface area contributed by atoms with Gasteiger partial charge in [-0.05, 0) is 50.3 Å². The fourth-order valence-corrected chi connectivity index (χ4v) is 3.56. The summed E-state index contributed by atoms with van der Waals surface area (Å²) in [4.78, 5) is 2.17. The minimum atomic E-state index is -0.222. The number of hydrogen-bond acceptors (Lipinski definition) is 3. The Bertz CT molecular complexity index is 463. The maximum Gasteiger partial charge on any atom is 0.146 e. The summed E-state index contributed by atoms with van der Waals surface area (Å²) in [6.45, 7) is 1.86. The molecule has 2 unspecified atom stereocenters. The first kappa shape index (κ1) is 12.9. The van der Waals surface area contributed by atoms with Crippen LogP contribution in [0.5, 0.6) is 0 Å². The summed E-state index contributed by atoms with van der Waals surface area (Å²) >= 11 is 0. The number of hydrogen-bond donors (Lipinski definition) is 2. The van der Waals surface area contributed by atoms with Gasteiger partial charge >= 0.3 is 0 Å². The van der Waals surface area contributed by atoms with Crippen LogP contribution in [0, 0.1) is 5.82 Å². The average Bonchev–Trinajstić information content (AvgIpc) is 2.62. The number of aliphatic hydroxyl groups is 1. The predicted molar refractivity (Wildman–Crippen MR) is 73.5 cm³/mol. The van der Waals surface area contributed by atoms with E-state index >= 15 is 0 Å². The van der Waals surface area contributed by atoms with Crippen molar-refractivity contribution >= 4 is 5.69 Å². The van der Waals surface area contributed by atoms with Crippen LogP contribution in [-0.2, 0) is 0 Å². The van der Waals surface area contributed by atoms with Gasteiger partial charge in [-0.3, -0.25) is 0 Å². The van der Waals surface area contributed by atoms with Crippen molar-refractivity contribution in [1.82, 2.24) is 0 Å². The summed E-state index contributed by atoms with van der Waals surface area (Å²) in [6, 6.07) is 5.71. The molecule has 0 spiro atoms. The van der Waals surface area contributed by atoms with Gasteiger partial charge in [-0.1, -0.05) is 6.07 Å². The lowest BCUT2D eigenvalue weighted by Gasteiger charge is -2.39. The largest absolute Gasteiger partial charge is 0.393 e. The molecular formula is C15H21FN2O. The Morgan fingerprint density at radius 2 is 1.95 bits per heavy atom. The van der Waals surface area contributed by atoms with Gasteiger partial charge in [0.25, 0.3) is 0 Å². The molecular weight excluding hydrogens is 243 g/mol. The van der Waals surface area contributed by atoms with E-state index < -0.39 is 0 Å². The van der Waals surface area contributed by atoms with Gasteiger partial charge in [0.15, 0.2) is 0 Å². The highest BCUT2D eigenvalue weighted by atomic mass is 19.1. The monoisotopic (exact) mass is 264 g/mol. The van der Waals surface area contributed by atoms with Gasteiger partial charge in [0.1, 0.15) is 5.82 Å². The maximum absolute atomic E-state index is 14.3. The third-order valence-electron chi connectivity index (χ3n) is 4.48. The van der Waals surface area contributed by atoms with Crippen LogP contribution in [0.1, 0.15) is 44.2 Å². The van der Waals surface area contributed by atoms with Crippen molar-refractivity contribution in [3.63, 3.8) is 0 Å². The standard InChI is InChI=1S/C15H21FN2O/c1-9(17)10-2-5-15(14(16)6-10)18-11-3-4-12(18)8-13(19)7-11/h2,5-6,9,11-13,19H,3-4,7-8,17H2,1H3/t9-,11?,12?,13?/m0/s1. The number of fused-ring (bicyclic) bond motifs is 2. The summed E-state index contributed by atoms with van der Waals surface area (Å²) in [6.07, 6.45) is 3.39. The lowest BCUT2D eigenvalue weighted by molar-refractivity contribution is 0.126. The van der Waals surface area contributed by atoms with Crippen molar-refractivity contribution in [3.05, 3.63) is 29.6 Å². The fourth-order valence-electron chi connectivity index (χ4n) is 3.56. The number of aliphatic hydroxyl groups excluding tert-OH is 1. The third-order valence-corrected chi connectivity index (χ3v) is 4.48. The molecule has 1 aromatic rings. The van der Waals surface area contributed by atoms with Gasteiger partial charge < -0.3 is 15.7 Å². The Morgan fingerprint density at radius 1 is 1.32 bits per heavy atom. The Labute approximate surface area is 113 Å². The molecule has 19 heavy (non-hydrogen) atoms. The van der Waals surface area contributed by atoms with E-state index in [0.29, 0.717) is 5.69 Å². The number of halogens is 1. The third kappa shape index (κ3) is 2.23. The molecule has 3 N–H and O–H groups in total. The second-order valence-corrected chi connectivity index (χ2v) is 5.92. The van der Waals surface area contributed by atoms with Gasteiger partial charge in [0.05, 0.1) is 11.8 Å². The zero-order valence-corrected chi connectivity index (χ0v) is 11.2. The minimum Gasteiger partial charge on any atom is -0.393 e. The summed E-state index contributed by atoms with van der Waals surface area (Å²) in [5.74, 6) is -0.192. The molecule has 2 heterocycles. The Kier molecular flexibility index (Phi) is 3.23. The van der Waals surface area contributed by atoms with Gasteiger partial charge in [-0.25, -0.2) is 4.39 Å². The van der Waals surface area contributed by atoms with E-state index in [9.17, 15) is 9.50 Å². The normalized spacial score (nSPS) is 31.6. The Balaban J connectivity index is 1.91. The number of rotatable bonds is 2. The van der Waals surface area contributed by atoms with Crippen molar-refractivity contribution in [2.45, 2.75) is 56.8 Å². The van der Waals surface area contributed by atoms with Gasteiger partial charge in [0.2, 0.25) is 0 Å². The van der Waals surface area contributed by atoms with Crippen molar-refractivity contribution in [2.24, 2.45) is 5.73 Å².